The van der Waals surface area contributed by atoms with Crippen LogP contribution in [0.5, 0.6) is 0 Å². The molecule has 0 N–H and O–H groups in total. The summed E-state index contributed by atoms with van der Waals surface area (Å²) in [6.07, 6.45) is 1.68. The van der Waals surface area contributed by atoms with E-state index in [2.05, 4.69) is 10.1 Å². The molecule has 0 spiro atoms. The van der Waals surface area contributed by atoms with Crippen LogP contribution < -0.4 is 4.90 Å². The summed E-state index contributed by atoms with van der Waals surface area (Å²) in [6, 6.07) is 14.5. The third kappa shape index (κ3) is 3.78. The van der Waals surface area contributed by atoms with Gasteiger partial charge in [0.2, 0.25) is 0 Å². The summed E-state index contributed by atoms with van der Waals surface area (Å²) in [5.41, 5.74) is 3.12. The summed E-state index contributed by atoms with van der Waals surface area (Å²) in [5.74, 6) is 0.775. The molecule has 0 bridgehead atoms. The molecule has 0 unspecified atom stereocenters. The molecule has 1 aromatic heterocycles. The number of rotatable bonds is 3. The molecule has 3 aromatic rings. The highest BCUT2D eigenvalue weighted by atomic mass is 16.5. The van der Waals surface area contributed by atoms with Crippen molar-refractivity contribution in [1.82, 2.24) is 15.0 Å². The number of ether oxygens (including phenoxy) is 1. The van der Waals surface area contributed by atoms with E-state index in [0.29, 0.717) is 49.1 Å². The molecule has 0 aliphatic carbocycles. The van der Waals surface area contributed by atoms with Gasteiger partial charge in [0.15, 0.2) is 5.82 Å². The van der Waals surface area contributed by atoms with Gasteiger partial charge >= 0.3 is 0 Å². The Bertz CT molecular complexity index is 1140. The van der Waals surface area contributed by atoms with Gasteiger partial charge in [0, 0.05) is 29.9 Å². The number of aromatic nitrogens is 2. The van der Waals surface area contributed by atoms with Crippen molar-refractivity contribution in [2.45, 2.75) is 25.8 Å². The average molecular weight is 432 g/mol. The van der Waals surface area contributed by atoms with Gasteiger partial charge in [-0.3, -0.25) is 9.59 Å². The topological polar surface area (TPSA) is 88.8 Å². The van der Waals surface area contributed by atoms with Crippen molar-refractivity contribution in [2.75, 3.05) is 31.2 Å². The minimum absolute atomic E-state index is 0.0226. The van der Waals surface area contributed by atoms with Gasteiger partial charge in [0.1, 0.15) is 6.04 Å². The lowest BCUT2D eigenvalue weighted by molar-refractivity contribution is -0.0119. The summed E-state index contributed by atoms with van der Waals surface area (Å²) < 4.78 is 10.9. The molecule has 1 fully saturated rings. The molecule has 2 aromatic carbocycles. The van der Waals surface area contributed by atoms with Gasteiger partial charge in [-0.2, -0.15) is 4.98 Å². The van der Waals surface area contributed by atoms with Crippen molar-refractivity contribution >= 4 is 17.5 Å². The Labute approximate surface area is 185 Å². The van der Waals surface area contributed by atoms with E-state index in [-0.39, 0.29) is 11.8 Å². The van der Waals surface area contributed by atoms with Crippen LogP contribution in [0.25, 0.3) is 0 Å². The zero-order valence-electron chi connectivity index (χ0n) is 17.9. The SMILES string of the molecule is Cc1noc([C@H]2COCCN2C(=O)c2ccc3c(c2)CCCN3C(=O)c2ccccc2)n1. The van der Waals surface area contributed by atoms with Crippen molar-refractivity contribution in [3.8, 4) is 0 Å². The Morgan fingerprint density at radius 2 is 1.88 bits per heavy atom. The van der Waals surface area contributed by atoms with Crippen LogP contribution in [0.1, 0.15) is 50.5 Å². The second-order valence-electron chi connectivity index (χ2n) is 8.04. The van der Waals surface area contributed by atoms with E-state index >= 15 is 0 Å². The number of hydrogen-bond acceptors (Lipinski definition) is 6. The molecule has 8 heteroatoms. The van der Waals surface area contributed by atoms with E-state index in [1.165, 1.54) is 0 Å². The maximum absolute atomic E-state index is 13.4. The van der Waals surface area contributed by atoms with E-state index in [1.807, 2.05) is 42.5 Å². The van der Waals surface area contributed by atoms with Gasteiger partial charge < -0.3 is 19.1 Å². The monoisotopic (exact) mass is 432 g/mol. The fourth-order valence-corrected chi connectivity index (χ4v) is 4.34. The largest absolute Gasteiger partial charge is 0.377 e. The third-order valence-electron chi connectivity index (χ3n) is 5.93. The molecule has 3 heterocycles. The van der Waals surface area contributed by atoms with Gasteiger partial charge in [-0.05, 0) is 55.7 Å². The van der Waals surface area contributed by atoms with Crippen LogP contribution in [0.3, 0.4) is 0 Å². The van der Waals surface area contributed by atoms with Crippen LogP contribution in [0.2, 0.25) is 0 Å². The molecule has 32 heavy (non-hydrogen) atoms. The highest BCUT2D eigenvalue weighted by molar-refractivity contribution is 6.07. The average Bonchev–Trinajstić information content (AvgIpc) is 3.29. The van der Waals surface area contributed by atoms with E-state index in [1.54, 1.807) is 22.8 Å². The van der Waals surface area contributed by atoms with Gasteiger partial charge in [-0.15, -0.1) is 0 Å². The molecule has 2 aliphatic rings. The molecule has 2 amide bonds. The van der Waals surface area contributed by atoms with Crippen molar-refractivity contribution in [2.24, 2.45) is 0 Å². The summed E-state index contributed by atoms with van der Waals surface area (Å²) in [4.78, 5) is 34.3. The number of hydrogen-bond donors (Lipinski definition) is 0. The standard InChI is InChI=1S/C24H24N4O4/c1-16-25-22(32-26-16)21-15-31-13-12-28(21)24(30)19-9-10-20-18(14-19)8-5-11-27(20)23(29)17-6-3-2-4-7-17/h2-4,6-7,9-10,14,21H,5,8,11-13,15H2,1H3/t21-/m1/s1. The van der Waals surface area contributed by atoms with Gasteiger partial charge in [-0.25, -0.2) is 0 Å². The van der Waals surface area contributed by atoms with Gasteiger partial charge in [0.05, 0.1) is 13.2 Å². The van der Waals surface area contributed by atoms with Crippen LogP contribution in [-0.4, -0.2) is 53.2 Å². The molecular formula is C24H24N4O4. The summed E-state index contributed by atoms with van der Waals surface area (Å²) in [7, 11) is 0. The fourth-order valence-electron chi connectivity index (χ4n) is 4.34. The van der Waals surface area contributed by atoms with Crippen molar-refractivity contribution in [3.05, 3.63) is 76.9 Å². The minimum Gasteiger partial charge on any atom is -0.377 e. The maximum atomic E-state index is 13.4. The number of amides is 2. The highest BCUT2D eigenvalue weighted by Gasteiger charge is 2.34. The number of nitrogens with zero attached hydrogens (tertiary/aromatic N) is 4. The number of morpholine rings is 1. The van der Waals surface area contributed by atoms with Crippen LogP contribution in [0.4, 0.5) is 5.69 Å². The number of fused-ring (bicyclic) bond motifs is 1. The number of anilines is 1. The molecule has 0 radical (unpaired) electrons. The summed E-state index contributed by atoms with van der Waals surface area (Å²) in [6.45, 7) is 3.63. The molecule has 164 valence electrons. The maximum Gasteiger partial charge on any atom is 0.258 e. The normalized spacial score (nSPS) is 18.3. The first-order valence-electron chi connectivity index (χ1n) is 10.8. The third-order valence-corrected chi connectivity index (χ3v) is 5.93. The molecule has 1 atom stereocenters. The van der Waals surface area contributed by atoms with E-state index < -0.39 is 6.04 Å². The van der Waals surface area contributed by atoms with Crippen LogP contribution in [-0.2, 0) is 11.2 Å². The van der Waals surface area contributed by atoms with Crippen molar-refractivity contribution < 1.29 is 18.8 Å². The lowest BCUT2D eigenvalue weighted by Gasteiger charge is -2.34. The second kappa shape index (κ2) is 8.55. The first-order valence-corrected chi connectivity index (χ1v) is 10.8. The summed E-state index contributed by atoms with van der Waals surface area (Å²) in [5, 5.41) is 3.85. The Kier molecular flexibility index (Phi) is 5.45. The molecular weight excluding hydrogens is 408 g/mol. The smallest absolute Gasteiger partial charge is 0.258 e. The van der Waals surface area contributed by atoms with Crippen molar-refractivity contribution in [3.63, 3.8) is 0 Å². The Balaban J connectivity index is 1.42. The van der Waals surface area contributed by atoms with Crippen LogP contribution in [0, 0.1) is 6.92 Å². The number of benzene rings is 2. The quantitative estimate of drug-likeness (QED) is 0.632. The van der Waals surface area contributed by atoms with Gasteiger partial charge in [0.25, 0.3) is 17.7 Å². The molecule has 5 rings (SSSR count). The lowest BCUT2D eigenvalue weighted by atomic mass is 9.97. The lowest BCUT2D eigenvalue weighted by Crippen LogP contribution is -2.43. The van der Waals surface area contributed by atoms with Gasteiger partial charge in [-0.1, -0.05) is 23.4 Å². The first kappa shape index (κ1) is 20.4. The number of aryl methyl sites for hydroxylation is 2. The van der Waals surface area contributed by atoms with E-state index in [9.17, 15) is 9.59 Å². The minimum atomic E-state index is -0.412. The fraction of sp³-hybridized carbons (Fsp3) is 0.333. The molecule has 0 saturated carbocycles. The summed E-state index contributed by atoms with van der Waals surface area (Å²) >= 11 is 0. The van der Waals surface area contributed by atoms with Crippen LogP contribution in [0.15, 0.2) is 53.1 Å². The van der Waals surface area contributed by atoms with E-state index in [4.69, 9.17) is 9.26 Å². The Hall–Kier alpha value is -3.52. The second-order valence-corrected chi connectivity index (χ2v) is 8.04. The van der Waals surface area contributed by atoms with E-state index in [0.717, 1.165) is 24.1 Å². The zero-order chi connectivity index (χ0) is 22.1. The van der Waals surface area contributed by atoms with Crippen molar-refractivity contribution in [1.29, 1.82) is 0 Å². The number of carbonyl (C=O) groups is 2. The van der Waals surface area contributed by atoms with Crippen LogP contribution >= 0.6 is 0 Å². The zero-order valence-corrected chi connectivity index (χ0v) is 17.9. The predicted molar refractivity (Wildman–Crippen MR) is 117 cm³/mol. The highest BCUT2D eigenvalue weighted by Crippen LogP contribution is 2.31. The predicted octanol–water partition coefficient (Wildman–Crippen LogP) is 3.18. The number of carbonyl (C=O) groups excluding carboxylic acids is 2. The molecule has 2 aliphatic heterocycles. The Morgan fingerprint density at radius 3 is 2.66 bits per heavy atom. The molecule has 1 saturated heterocycles. The molecule has 8 nitrogen and oxygen atoms in total. The Morgan fingerprint density at radius 1 is 1.03 bits per heavy atom. The first-order chi connectivity index (χ1) is 15.6.